The molecule has 0 amide bonds. The van der Waals surface area contributed by atoms with Crippen molar-refractivity contribution in [3.05, 3.63) is 29.3 Å². The van der Waals surface area contributed by atoms with E-state index in [1.165, 1.54) is 25.7 Å². The first-order chi connectivity index (χ1) is 10.7. The van der Waals surface area contributed by atoms with Crippen molar-refractivity contribution < 1.29 is 14.6 Å². The number of rotatable bonds is 6. The van der Waals surface area contributed by atoms with Gasteiger partial charge in [-0.25, -0.2) is 0 Å². The topological polar surface area (TPSA) is 58.6 Å². The first-order valence-corrected chi connectivity index (χ1v) is 8.43. The summed E-state index contributed by atoms with van der Waals surface area (Å²) in [6.45, 7) is 0.836. The molecule has 2 N–H and O–H groups in total. The normalized spacial score (nSPS) is 19.1. The van der Waals surface area contributed by atoms with Crippen LogP contribution in [0.5, 0.6) is 5.75 Å². The van der Waals surface area contributed by atoms with Gasteiger partial charge in [0.25, 0.3) is 0 Å². The molecule has 1 unspecified atom stereocenters. The first-order valence-electron chi connectivity index (χ1n) is 8.43. The first kappa shape index (κ1) is 18.2. The van der Waals surface area contributed by atoms with Crippen LogP contribution in [-0.4, -0.2) is 36.2 Å². The fourth-order valence-electron chi connectivity index (χ4n) is 3.46. The predicted molar refractivity (Wildman–Crippen MR) is 92.7 cm³/mol. The number of halogens is 1. The highest BCUT2D eigenvalue weighted by atomic mass is 35.5. The van der Waals surface area contributed by atoms with E-state index in [0.29, 0.717) is 19.0 Å². The van der Waals surface area contributed by atoms with Crippen LogP contribution in [-0.2, 0) is 6.42 Å². The number of aliphatic hydroxyl groups is 1. The number of ether oxygens (including phenoxy) is 1. The van der Waals surface area contributed by atoms with E-state index in [1.807, 2.05) is 18.2 Å². The monoisotopic (exact) mass is 339 g/mol. The molecule has 1 fully saturated rings. The van der Waals surface area contributed by atoms with Crippen molar-refractivity contribution in [1.82, 2.24) is 5.32 Å². The number of carbonyl (C=O) groups excluding carboxylic acids is 1. The lowest BCUT2D eigenvalue weighted by atomic mass is 9.90. The summed E-state index contributed by atoms with van der Waals surface area (Å²) in [4.78, 5) is 11.9. The summed E-state index contributed by atoms with van der Waals surface area (Å²) >= 11 is 0. The molecular weight excluding hydrogens is 314 g/mol. The SMILES string of the molecule is Cl.O=C1CCCc2c(OCC(O)CNC3CCCC3)cccc21. The van der Waals surface area contributed by atoms with E-state index in [4.69, 9.17) is 4.74 Å². The Morgan fingerprint density at radius 2 is 2.00 bits per heavy atom. The smallest absolute Gasteiger partial charge is 0.163 e. The van der Waals surface area contributed by atoms with Crippen molar-refractivity contribution in [3.8, 4) is 5.75 Å². The molecule has 0 heterocycles. The van der Waals surface area contributed by atoms with E-state index in [1.54, 1.807) is 0 Å². The van der Waals surface area contributed by atoms with E-state index in [9.17, 15) is 9.90 Å². The zero-order chi connectivity index (χ0) is 15.4. The van der Waals surface area contributed by atoms with Gasteiger partial charge in [0.05, 0.1) is 0 Å². The van der Waals surface area contributed by atoms with Gasteiger partial charge in [-0.1, -0.05) is 25.0 Å². The summed E-state index contributed by atoms with van der Waals surface area (Å²) in [6, 6.07) is 6.19. The lowest BCUT2D eigenvalue weighted by Crippen LogP contribution is -2.36. The minimum Gasteiger partial charge on any atom is -0.491 e. The number of nitrogens with one attached hydrogen (secondary N) is 1. The number of benzene rings is 1. The van der Waals surface area contributed by atoms with E-state index in [0.717, 1.165) is 29.7 Å². The van der Waals surface area contributed by atoms with E-state index >= 15 is 0 Å². The number of carbonyl (C=O) groups is 1. The molecule has 128 valence electrons. The van der Waals surface area contributed by atoms with Gasteiger partial charge in [-0.05, 0) is 31.7 Å². The molecule has 2 aliphatic carbocycles. The maximum Gasteiger partial charge on any atom is 0.163 e. The summed E-state index contributed by atoms with van der Waals surface area (Å²) in [7, 11) is 0. The molecule has 0 aliphatic heterocycles. The van der Waals surface area contributed by atoms with E-state index in [-0.39, 0.29) is 24.8 Å². The van der Waals surface area contributed by atoms with Crippen LogP contribution < -0.4 is 10.1 Å². The van der Waals surface area contributed by atoms with Crippen LogP contribution in [0.2, 0.25) is 0 Å². The molecule has 4 nitrogen and oxygen atoms in total. The second-order valence-electron chi connectivity index (χ2n) is 6.41. The number of aliphatic hydroxyl groups excluding tert-OH is 1. The largest absolute Gasteiger partial charge is 0.491 e. The third kappa shape index (κ3) is 4.69. The van der Waals surface area contributed by atoms with Gasteiger partial charge in [0, 0.05) is 30.1 Å². The lowest BCUT2D eigenvalue weighted by molar-refractivity contribution is 0.0963. The van der Waals surface area contributed by atoms with Crippen molar-refractivity contribution in [1.29, 1.82) is 0 Å². The fraction of sp³-hybridized carbons (Fsp3) is 0.611. The van der Waals surface area contributed by atoms with Crippen LogP contribution in [0.4, 0.5) is 0 Å². The van der Waals surface area contributed by atoms with Crippen LogP contribution in [0.1, 0.15) is 54.4 Å². The van der Waals surface area contributed by atoms with E-state index < -0.39 is 6.10 Å². The minimum absolute atomic E-state index is 0. The number of ketones is 1. The molecule has 1 saturated carbocycles. The number of hydrogen-bond acceptors (Lipinski definition) is 4. The molecule has 0 saturated heterocycles. The average Bonchev–Trinajstić information content (AvgIpc) is 3.05. The molecule has 1 aromatic rings. The Morgan fingerprint density at radius 3 is 2.78 bits per heavy atom. The van der Waals surface area contributed by atoms with Gasteiger partial charge in [-0.2, -0.15) is 0 Å². The molecule has 1 atom stereocenters. The molecule has 0 bridgehead atoms. The zero-order valence-electron chi connectivity index (χ0n) is 13.4. The lowest BCUT2D eigenvalue weighted by Gasteiger charge is -2.20. The molecule has 5 heteroatoms. The highest BCUT2D eigenvalue weighted by molar-refractivity contribution is 5.99. The van der Waals surface area contributed by atoms with Crippen molar-refractivity contribution in [2.75, 3.05) is 13.2 Å². The standard InChI is InChI=1S/C18H25NO3.ClH/c20-14(11-19-13-5-1-2-6-13)12-22-18-10-4-7-15-16(18)8-3-9-17(15)21;/h4,7,10,13-14,19-20H,1-3,5-6,8-9,11-12H2;1H. The second kappa shape index (κ2) is 8.67. The third-order valence-electron chi connectivity index (χ3n) is 4.69. The fourth-order valence-corrected chi connectivity index (χ4v) is 3.46. The van der Waals surface area contributed by atoms with E-state index in [2.05, 4.69) is 5.32 Å². The maximum absolute atomic E-state index is 11.9. The van der Waals surface area contributed by atoms with Crippen LogP contribution in [0, 0.1) is 0 Å². The van der Waals surface area contributed by atoms with Gasteiger partial charge < -0.3 is 15.2 Å². The second-order valence-corrected chi connectivity index (χ2v) is 6.41. The Morgan fingerprint density at radius 1 is 1.22 bits per heavy atom. The van der Waals surface area contributed by atoms with Gasteiger partial charge in [0.15, 0.2) is 5.78 Å². The molecule has 23 heavy (non-hydrogen) atoms. The predicted octanol–water partition coefficient (Wildman–Crippen LogP) is 2.90. The average molecular weight is 340 g/mol. The van der Waals surface area contributed by atoms with Gasteiger partial charge in [-0.3, -0.25) is 4.79 Å². The van der Waals surface area contributed by atoms with Gasteiger partial charge >= 0.3 is 0 Å². The Labute approximate surface area is 144 Å². The molecule has 2 aliphatic rings. The summed E-state index contributed by atoms with van der Waals surface area (Å²) in [6.07, 6.45) is 6.87. The Kier molecular flexibility index (Phi) is 6.88. The Bertz CT molecular complexity index is 529. The van der Waals surface area contributed by atoms with Crippen molar-refractivity contribution in [3.63, 3.8) is 0 Å². The van der Waals surface area contributed by atoms with Crippen molar-refractivity contribution in [2.45, 2.75) is 57.1 Å². The molecule has 0 radical (unpaired) electrons. The summed E-state index contributed by atoms with van der Waals surface area (Å²) in [5.74, 6) is 0.959. The van der Waals surface area contributed by atoms with Crippen LogP contribution in [0.25, 0.3) is 0 Å². The maximum atomic E-state index is 11.9. The highest BCUT2D eigenvalue weighted by Gasteiger charge is 2.21. The Hall–Kier alpha value is -1.10. The minimum atomic E-state index is -0.518. The van der Waals surface area contributed by atoms with Crippen molar-refractivity contribution in [2.24, 2.45) is 0 Å². The van der Waals surface area contributed by atoms with Crippen molar-refractivity contribution >= 4 is 18.2 Å². The molecule has 3 rings (SSSR count). The van der Waals surface area contributed by atoms with Gasteiger partial charge in [0.2, 0.25) is 0 Å². The summed E-state index contributed by atoms with van der Waals surface area (Å²) < 4.78 is 5.79. The van der Waals surface area contributed by atoms with Gasteiger partial charge in [-0.15, -0.1) is 12.4 Å². The van der Waals surface area contributed by atoms with Crippen LogP contribution >= 0.6 is 12.4 Å². The quantitative estimate of drug-likeness (QED) is 0.836. The molecule has 0 aromatic heterocycles. The van der Waals surface area contributed by atoms with Crippen LogP contribution in [0.15, 0.2) is 18.2 Å². The molecular formula is C18H26ClNO3. The number of Topliss-reactive ketones (excluding diaryl/α,β-unsaturated/α-hetero) is 1. The summed E-state index contributed by atoms with van der Waals surface area (Å²) in [5.41, 5.74) is 1.80. The Balaban J connectivity index is 0.00000192. The highest BCUT2D eigenvalue weighted by Crippen LogP contribution is 2.29. The van der Waals surface area contributed by atoms with Crippen LogP contribution in [0.3, 0.4) is 0 Å². The number of hydrogen-bond donors (Lipinski definition) is 2. The number of fused-ring (bicyclic) bond motifs is 1. The molecule has 0 spiro atoms. The summed E-state index contributed by atoms with van der Waals surface area (Å²) in [5, 5.41) is 13.5. The molecule has 1 aromatic carbocycles. The van der Waals surface area contributed by atoms with Gasteiger partial charge in [0.1, 0.15) is 18.5 Å². The zero-order valence-corrected chi connectivity index (χ0v) is 14.2. The third-order valence-corrected chi connectivity index (χ3v) is 4.69.